The molecule has 2 fully saturated rings. The van der Waals surface area contributed by atoms with E-state index in [4.69, 9.17) is 5.73 Å². The predicted molar refractivity (Wildman–Crippen MR) is 148 cm³/mol. The Hall–Kier alpha value is -4.33. The van der Waals surface area contributed by atoms with Gasteiger partial charge in [-0.25, -0.2) is 19.0 Å². The lowest BCUT2D eigenvalue weighted by Crippen LogP contribution is -2.53. The standard InChI is InChI=1S/C29H34FN9O/c1-37-27(34-35-36-37)22-10-14-24(15-11-22)33-29(32)39(19-31)26-7-3-2-6-25(26)28(40)38-16-4-5-21(18-38)17-20-8-12-23(30)13-9-20/h8-15,21,25-26H,2-7,16-18H2,1H3,(H2,32,33)/t21-,25+,26+/m0/s1. The summed E-state index contributed by atoms with van der Waals surface area (Å²) in [6.07, 6.45) is 8.27. The molecule has 0 radical (unpaired) electrons. The molecule has 1 amide bonds. The number of nitrogens with zero attached hydrogens (tertiary/aromatic N) is 8. The first-order valence-corrected chi connectivity index (χ1v) is 13.8. The highest BCUT2D eigenvalue weighted by Gasteiger charge is 2.39. The maximum Gasteiger partial charge on any atom is 0.227 e. The number of likely N-dealkylation sites (tertiary alicyclic amines) is 1. The Morgan fingerprint density at radius 1 is 1.12 bits per heavy atom. The summed E-state index contributed by atoms with van der Waals surface area (Å²) in [5.74, 6) is 0.551. The lowest BCUT2D eigenvalue weighted by atomic mass is 9.81. The van der Waals surface area contributed by atoms with Gasteiger partial charge in [-0.05, 0) is 90.4 Å². The van der Waals surface area contributed by atoms with Gasteiger partial charge < -0.3 is 10.6 Å². The first-order valence-electron chi connectivity index (χ1n) is 13.8. The van der Waals surface area contributed by atoms with E-state index in [-0.39, 0.29) is 29.6 Å². The fourth-order valence-electron chi connectivity index (χ4n) is 5.97. The van der Waals surface area contributed by atoms with Crippen molar-refractivity contribution in [2.45, 2.75) is 51.0 Å². The van der Waals surface area contributed by atoms with Crippen LogP contribution in [0.15, 0.2) is 53.5 Å². The van der Waals surface area contributed by atoms with Crippen LogP contribution in [0.25, 0.3) is 11.4 Å². The third kappa shape index (κ3) is 6.11. The number of tetrazole rings is 1. The number of carbonyl (C=O) groups is 1. The number of nitriles is 1. The second kappa shape index (κ2) is 12.2. The minimum Gasteiger partial charge on any atom is -0.369 e. The van der Waals surface area contributed by atoms with Gasteiger partial charge in [-0.1, -0.05) is 25.0 Å². The van der Waals surface area contributed by atoms with Crippen molar-refractivity contribution in [3.8, 4) is 17.6 Å². The summed E-state index contributed by atoms with van der Waals surface area (Å²) < 4.78 is 14.9. The highest BCUT2D eigenvalue weighted by molar-refractivity contribution is 5.85. The van der Waals surface area contributed by atoms with Crippen LogP contribution < -0.4 is 5.73 Å². The van der Waals surface area contributed by atoms with Crippen LogP contribution in [0, 0.1) is 29.1 Å². The zero-order chi connectivity index (χ0) is 28.1. The molecule has 2 N–H and O–H groups in total. The molecule has 0 spiro atoms. The topological polar surface area (TPSA) is 129 Å². The van der Waals surface area contributed by atoms with Crippen LogP contribution in [-0.2, 0) is 18.3 Å². The van der Waals surface area contributed by atoms with Gasteiger partial charge in [0.15, 0.2) is 12.0 Å². The van der Waals surface area contributed by atoms with Crippen LogP contribution in [0.2, 0.25) is 0 Å². The van der Waals surface area contributed by atoms with Crippen LogP contribution in [0.5, 0.6) is 0 Å². The number of carbonyl (C=O) groups excluding carboxylic acids is 1. The number of aryl methyl sites for hydroxylation is 1. The van der Waals surface area contributed by atoms with E-state index in [1.807, 2.05) is 29.2 Å². The summed E-state index contributed by atoms with van der Waals surface area (Å²) in [7, 11) is 1.77. The summed E-state index contributed by atoms with van der Waals surface area (Å²) in [5.41, 5.74) is 8.88. The van der Waals surface area contributed by atoms with E-state index in [2.05, 4.69) is 26.7 Å². The van der Waals surface area contributed by atoms with Gasteiger partial charge in [-0.2, -0.15) is 5.26 Å². The van der Waals surface area contributed by atoms with Gasteiger partial charge in [0.05, 0.1) is 17.6 Å². The van der Waals surface area contributed by atoms with E-state index in [0.717, 1.165) is 43.2 Å². The van der Waals surface area contributed by atoms with Gasteiger partial charge in [-0.3, -0.25) is 4.79 Å². The van der Waals surface area contributed by atoms with Crippen molar-refractivity contribution in [2.24, 2.45) is 29.6 Å². The Labute approximate surface area is 233 Å². The number of halogens is 1. The molecule has 1 aromatic heterocycles. The van der Waals surface area contributed by atoms with E-state index in [9.17, 15) is 14.4 Å². The number of rotatable bonds is 6. The zero-order valence-electron chi connectivity index (χ0n) is 22.7. The molecule has 0 unspecified atom stereocenters. The first-order chi connectivity index (χ1) is 19.4. The van der Waals surface area contributed by atoms with Crippen LogP contribution in [0.3, 0.4) is 0 Å². The molecule has 2 heterocycles. The van der Waals surface area contributed by atoms with Gasteiger partial charge in [0.2, 0.25) is 11.9 Å². The minimum atomic E-state index is -0.337. The number of aromatic nitrogens is 4. The Morgan fingerprint density at radius 2 is 1.88 bits per heavy atom. The normalized spacial score (nSPS) is 21.6. The molecule has 1 aliphatic heterocycles. The van der Waals surface area contributed by atoms with Crippen LogP contribution in [0.1, 0.15) is 44.1 Å². The maximum absolute atomic E-state index is 13.8. The molecule has 1 saturated heterocycles. The van der Waals surface area contributed by atoms with Crippen molar-refractivity contribution >= 4 is 17.6 Å². The third-order valence-corrected chi connectivity index (χ3v) is 7.99. The Bertz CT molecular complexity index is 1380. The number of hydrogen-bond donors (Lipinski definition) is 1. The summed E-state index contributed by atoms with van der Waals surface area (Å²) in [6, 6.07) is 13.6. The summed E-state index contributed by atoms with van der Waals surface area (Å²) in [4.78, 5) is 21.7. The third-order valence-electron chi connectivity index (χ3n) is 7.99. The lowest BCUT2D eigenvalue weighted by molar-refractivity contribution is -0.140. The summed E-state index contributed by atoms with van der Waals surface area (Å²) in [6.45, 7) is 1.38. The van der Waals surface area contributed by atoms with Crippen LogP contribution in [-0.4, -0.2) is 61.0 Å². The first kappa shape index (κ1) is 27.2. The molecule has 2 aliphatic rings. The second-order valence-electron chi connectivity index (χ2n) is 10.7. The quantitative estimate of drug-likeness (QED) is 0.217. The lowest BCUT2D eigenvalue weighted by Gasteiger charge is -2.40. The summed E-state index contributed by atoms with van der Waals surface area (Å²) in [5, 5.41) is 21.6. The largest absolute Gasteiger partial charge is 0.369 e. The van der Waals surface area contributed by atoms with Crippen molar-refractivity contribution in [1.82, 2.24) is 30.0 Å². The van der Waals surface area contributed by atoms with Crippen molar-refractivity contribution in [2.75, 3.05) is 13.1 Å². The molecule has 3 aromatic rings. The molecule has 3 atom stereocenters. The van der Waals surface area contributed by atoms with Crippen molar-refractivity contribution < 1.29 is 9.18 Å². The number of nitrogens with two attached hydrogens (primary N) is 1. The molecule has 208 valence electrons. The van der Waals surface area contributed by atoms with E-state index >= 15 is 0 Å². The fraction of sp³-hybridized carbons (Fsp3) is 0.448. The van der Waals surface area contributed by atoms with Gasteiger partial charge in [0.1, 0.15) is 5.82 Å². The molecule has 1 saturated carbocycles. The van der Waals surface area contributed by atoms with E-state index in [1.165, 1.54) is 17.0 Å². The van der Waals surface area contributed by atoms with Crippen LogP contribution >= 0.6 is 0 Å². The Balaban J connectivity index is 1.28. The molecule has 11 heteroatoms. The summed E-state index contributed by atoms with van der Waals surface area (Å²) >= 11 is 0. The van der Waals surface area contributed by atoms with E-state index in [1.54, 1.807) is 23.9 Å². The SMILES string of the molecule is Cn1nnnc1-c1ccc(N=C(N)N(C#N)[C@@H]2CCCC[C@H]2C(=O)N2CCC[C@@H](Cc3ccc(F)cc3)C2)cc1. The van der Waals surface area contributed by atoms with E-state index < -0.39 is 0 Å². The molecule has 40 heavy (non-hydrogen) atoms. The highest BCUT2D eigenvalue weighted by atomic mass is 19.1. The Morgan fingerprint density at radius 3 is 2.58 bits per heavy atom. The number of guanidine groups is 1. The minimum absolute atomic E-state index is 0.0769. The van der Waals surface area contributed by atoms with Crippen molar-refractivity contribution in [3.05, 3.63) is 59.9 Å². The highest BCUT2D eigenvalue weighted by Crippen LogP contribution is 2.32. The predicted octanol–water partition coefficient (Wildman–Crippen LogP) is 3.79. The molecule has 2 aromatic carbocycles. The second-order valence-corrected chi connectivity index (χ2v) is 10.7. The van der Waals surface area contributed by atoms with Gasteiger partial charge in [0, 0.05) is 25.7 Å². The number of hydrogen-bond acceptors (Lipinski definition) is 6. The molecular formula is C29H34FN9O. The monoisotopic (exact) mass is 543 g/mol. The van der Waals surface area contributed by atoms with Crippen molar-refractivity contribution in [1.29, 1.82) is 5.26 Å². The Kier molecular flexibility index (Phi) is 8.34. The van der Waals surface area contributed by atoms with Gasteiger partial charge in [0.25, 0.3) is 0 Å². The van der Waals surface area contributed by atoms with Gasteiger partial charge in [-0.15, -0.1) is 5.10 Å². The average Bonchev–Trinajstić information content (AvgIpc) is 3.41. The molecule has 5 rings (SSSR count). The molecule has 1 aliphatic carbocycles. The average molecular weight is 544 g/mol. The molecule has 0 bridgehead atoms. The maximum atomic E-state index is 13.8. The zero-order valence-corrected chi connectivity index (χ0v) is 22.7. The number of benzene rings is 2. The van der Waals surface area contributed by atoms with Gasteiger partial charge >= 0.3 is 0 Å². The molecular weight excluding hydrogens is 509 g/mol. The number of aliphatic imine (C=N–C) groups is 1. The van der Waals surface area contributed by atoms with Crippen LogP contribution in [0.4, 0.5) is 10.1 Å². The van der Waals surface area contributed by atoms with E-state index in [0.29, 0.717) is 43.4 Å². The smallest absolute Gasteiger partial charge is 0.227 e. The molecule has 10 nitrogen and oxygen atoms in total. The fourth-order valence-corrected chi connectivity index (χ4v) is 5.97. The number of amides is 1. The van der Waals surface area contributed by atoms with Crippen molar-refractivity contribution in [3.63, 3.8) is 0 Å². The number of piperidine rings is 1.